The Bertz CT molecular complexity index is 875. The number of aromatic amines is 1. The molecular formula is C16H16F2N6O. The number of rotatable bonds is 2. The zero-order chi connectivity index (χ0) is 17.7. The van der Waals surface area contributed by atoms with Gasteiger partial charge in [-0.15, -0.1) is 0 Å². The fraction of sp³-hybridized carbons (Fsp3) is 0.500. The Hall–Kier alpha value is -2.76. The number of carbonyl (C=O) groups is 1. The van der Waals surface area contributed by atoms with Gasteiger partial charge in [-0.25, -0.2) is 18.7 Å². The number of aromatic nitrogens is 3. The number of likely N-dealkylation sites (tertiary alicyclic amines) is 1. The van der Waals surface area contributed by atoms with E-state index in [2.05, 4.69) is 15.0 Å². The summed E-state index contributed by atoms with van der Waals surface area (Å²) in [6.07, 6.45) is 3.47. The van der Waals surface area contributed by atoms with E-state index in [-0.39, 0.29) is 19.4 Å². The van der Waals surface area contributed by atoms with E-state index in [0.717, 1.165) is 5.39 Å². The molecule has 9 heteroatoms. The molecule has 2 saturated heterocycles. The van der Waals surface area contributed by atoms with Gasteiger partial charge in [0.05, 0.1) is 18.0 Å². The minimum absolute atomic E-state index is 0.00549. The summed E-state index contributed by atoms with van der Waals surface area (Å²) in [6, 6.07) is 3.56. The van der Waals surface area contributed by atoms with Gasteiger partial charge in [0.25, 0.3) is 5.92 Å². The van der Waals surface area contributed by atoms with Crippen LogP contribution in [-0.2, 0) is 4.79 Å². The largest absolute Gasteiger partial charge is 0.353 e. The third-order valence-corrected chi connectivity index (χ3v) is 5.19. The standard InChI is InChI=1S/C16H16F2N6O/c17-16(18)9-24(12(25)2-5-19)15(16)4-1-7-23(8-15)14-11-3-6-20-13(11)21-10-22-14/h3,6,10H,1-2,4,7-9H2,(H,20,21,22)/t15-/m0/s1. The Morgan fingerprint density at radius 3 is 3.00 bits per heavy atom. The number of piperidine rings is 1. The van der Waals surface area contributed by atoms with E-state index in [0.29, 0.717) is 24.4 Å². The maximum atomic E-state index is 14.5. The summed E-state index contributed by atoms with van der Waals surface area (Å²) in [5, 5.41) is 9.49. The molecule has 2 fully saturated rings. The van der Waals surface area contributed by atoms with Gasteiger partial charge in [-0.05, 0) is 18.9 Å². The molecule has 2 aromatic rings. The molecule has 2 aromatic heterocycles. The molecule has 7 nitrogen and oxygen atoms in total. The van der Waals surface area contributed by atoms with Crippen LogP contribution in [0.15, 0.2) is 18.6 Å². The van der Waals surface area contributed by atoms with Gasteiger partial charge in [0.15, 0.2) is 0 Å². The summed E-state index contributed by atoms with van der Waals surface area (Å²) in [5.74, 6) is -2.92. The van der Waals surface area contributed by atoms with Crippen LogP contribution in [-0.4, -0.2) is 56.9 Å². The third-order valence-electron chi connectivity index (χ3n) is 5.19. The van der Waals surface area contributed by atoms with Crippen molar-refractivity contribution < 1.29 is 13.6 Å². The van der Waals surface area contributed by atoms with Crippen LogP contribution < -0.4 is 4.90 Å². The van der Waals surface area contributed by atoms with Gasteiger partial charge in [0.2, 0.25) is 5.91 Å². The molecule has 0 unspecified atom stereocenters. The number of alkyl halides is 2. The zero-order valence-corrected chi connectivity index (χ0v) is 13.4. The highest BCUT2D eigenvalue weighted by atomic mass is 19.3. The van der Waals surface area contributed by atoms with Gasteiger partial charge in [-0.2, -0.15) is 5.26 Å². The Balaban J connectivity index is 1.69. The molecule has 0 aromatic carbocycles. The van der Waals surface area contributed by atoms with Crippen molar-refractivity contribution in [2.45, 2.75) is 30.7 Å². The summed E-state index contributed by atoms with van der Waals surface area (Å²) < 4.78 is 29.1. The van der Waals surface area contributed by atoms with E-state index in [1.807, 2.05) is 6.07 Å². The summed E-state index contributed by atoms with van der Waals surface area (Å²) >= 11 is 0. The Morgan fingerprint density at radius 2 is 2.24 bits per heavy atom. The first kappa shape index (κ1) is 15.7. The molecule has 0 saturated carbocycles. The fourth-order valence-electron chi connectivity index (χ4n) is 3.94. The summed E-state index contributed by atoms with van der Waals surface area (Å²) in [4.78, 5) is 26.5. The van der Waals surface area contributed by atoms with Crippen molar-refractivity contribution in [1.82, 2.24) is 19.9 Å². The SMILES string of the molecule is N#CCC(=O)N1CC(F)(F)[C@@]12CCCN(c1ncnc3[nH]ccc13)C2. The number of nitrogens with zero attached hydrogens (tertiary/aromatic N) is 5. The monoisotopic (exact) mass is 346 g/mol. The van der Waals surface area contributed by atoms with Crippen molar-refractivity contribution >= 4 is 22.8 Å². The first-order valence-electron chi connectivity index (χ1n) is 8.07. The molecule has 1 atom stereocenters. The van der Waals surface area contributed by atoms with Gasteiger partial charge in [-0.3, -0.25) is 4.79 Å². The zero-order valence-electron chi connectivity index (χ0n) is 13.4. The highest BCUT2D eigenvalue weighted by Gasteiger charge is 2.69. The van der Waals surface area contributed by atoms with Crippen molar-refractivity contribution in [2.24, 2.45) is 0 Å². The molecule has 4 heterocycles. The van der Waals surface area contributed by atoms with Crippen LogP contribution in [0.25, 0.3) is 11.0 Å². The predicted molar refractivity (Wildman–Crippen MR) is 85.0 cm³/mol. The van der Waals surface area contributed by atoms with Crippen LogP contribution >= 0.6 is 0 Å². The molecule has 1 spiro atoms. The molecule has 0 bridgehead atoms. The smallest absolute Gasteiger partial charge is 0.289 e. The van der Waals surface area contributed by atoms with Crippen LogP contribution in [0.3, 0.4) is 0 Å². The Morgan fingerprint density at radius 1 is 1.40 bits per heavy atom. The third kappa shape index (κ3) is 2.17. The fourth-order valence-corrected chi connectivity index (χ4v) is 3.94. The number of nitriles is 1. The number of hydrogen-bond acceptors (Lipinski definition) is 5. The van der Waals surface area contributed by atoms with Crippen molar-refractivity contribution in [2.75, 3.05) is 24.5 Å². The second-order valence-electron chi connectivity index (χ2n) is 6.51. The first-order valence-corrected chi connectivity index (χ1v) is 8.07. The lowest BCUT2D eigenvalue weighted by Gasteiger charge is -2.61. The van der Waals surface area contributed by atoms with Crippen LogP contribution in [0.5, 0.6) is 0 Å². The average Bonchev–Trinajstić information content (AvgIpc) is 3.08. The number of fused-ring (bicyclic) bond motifs is 1. The van der Waals surface area contributed by atoms with Gasteiger partial charge >= 0.3 is 0 Å². The minimum atomic E-state index is -2.97. The van der Waals surface area contributed by atoms with Crippen LogP contribution in [0, 0.1) is 11.3 Å². The highest BCUT2D eigenvalue weighted by Crippen LogP contribution is 2.50. The molecule has 4 rings (SSSR count). The maximum absolute atomic E-state index is 14.5. The molecule has 0 radical (unpaired) electrons. The lowest BCUT2D eigenvalue weighted by atomic mass is 9.74. The quantitative estimate of drug-likeness (QED) is 0.894. The normalized spacial score (nSPS) is 25.0. The number of anilines is 1. The number of halogens is 2. The lowest BCUT2D eigenvalue weighted by molar-refractivity contribution is -0.243. The minimum Gasteiger partial charge on any atom is -0.353 e. The summed E-state index contributed by atoms with van der Waals surface area (Å²) in [7, 11) is 0. The van der Waals surface area contributed by atoms with Gasteiger partial charge < -0.3 is 14.8 Å². The number of H-pyrrole nitrogens is 1. The van der Waals surface area contributed by atoms with E-state index in [9.17, 15) is 13.6 Å². The number of carbonyl (C=O) groups excluding carboxylic acids is 1. The van der Waals surface area contributed by atoms with Crippen molar-refractivity contribution in [3.8, 4) is 6.07 Å². The van der Waals surface area contributed by atoms with Crippen LogP contribution in [0.1, 0.15) is 19.3 Å². The molecule has 130 valence electrons. The number of nitrogens with one attached hydrogen (secondary N) is 1. The molecule has 0 aliphatic carbocycles. The Kier molecular flexibility index (Phi) is 3.39. The second kappa shape index (κ2) is 5.37. The molecule has 25 heavy (non-hydrogen) atoms. The Labute approximate surface area is 142 Å². The van der Waals surface area contributed by atoms with E-state index in [1.165, 1.54) is 11.2 Å². The second-order valence-corrected chi connectivity index (χ2v) is 6.51. The van der Waals surface area contributed by atoms with Gasteiger partial charge in [-0.1, -0.05) is 0 Å². The molecular weight excluding hydrogens is 330 g/mol. The molecule has 2 aliphatic heterocycles. The number of amides is 1. The van der Waals surface area contributed by atoms with Crippen molar-refractivity contribution in [1.29, 1.82) is 5.26 Å². The topological polar surface area (TPSA) is 88.9 Å². The highest BCUT2D eigenvalue weighted by molar-refractivity contribution is 5.87. The van der Waals surface area contributed by atoms with E-state index >= 15 is 0 Å². The summed E-state index contributed by atoms with van der Waals surface area (Å²) in [6.45, 7) is -0.0471. The molecule has 1 amide bonds. The van der Waals surface area contributed by atoms with Gasteiger partial charge in [0.1, 0.15) is 29.8 Å². The average molecular weight is 346 g/mol. The van der Waals surface area contributed by atoms with E-state index in [4.69, 9.17) is 5.26 Å². The number of hydrogen-bond donors (Lipinski definition) is 1. The summed E-state index contributed by atoms with van der Waals surface area (Å²) in [5.41, 5.74) is -0.922. The van der Waals surface area contributed by atoms with Gasteiger partial charge in [0, 0.05) is 19.3 Å². The van der Waals surface area contributed by atoms with Crippen molar-refractivity contribution in [3.63, 3.8) is 0 Å². The van der Waals surface area contributed by atoms with E-state index < -0.39 is 23.9 Å². The van der Waals surface area contributed by atoms with Crippen LogP contribution in [0.4, 0.5) is 14.6 Å². The molecule has 2 aliphatic rings. The maximum Gasteiger partial charge on any atom is 0.289 e. The predicted octanol–water partition coefficient (Wildman–Crippen LogP) is 1.69. The first-order chi connectivity index (χ1) is 12.0. The molecule has 1 N–H and O–H groups in total. The van der Waals surface area contributed by atoms with E-state index in [1.54, 1.807) is 17.2 Å². The van der Waals surface area contributed by atoms with Crippen LogP contribution in [0.2, 0.25) is 0 Å². The van der Waals surface area contributed by atoms with Crippen molar-refractivity contribution in [3.05, 3.63) is 18.6 Å². The lowest BCUT2D eigenvalue weighted by Crippen LogP contribution is -2.80.